The zero-order valence-electron chi connectivity index (χ0n) is 11.3. The van der Waals surface area contributed by atoms with E-state index < -0.39 is 12.0 Å². The number of unbranched alkanes of at least 4 members (excludes halogenated alkanes) is 1. The molecular weight excluding hydrogens is 218 g/mol. The topological polar surface area (TPSA) is 66.4 Å². The lowest BCUT2D eigenvalue weighted by Gasteiger charge is -2.18. The van der Waals surface area contributed by atoms with Crippen LogP contribution in [0.25, 0.3) is 0 Å². The first kappa shape index (κ1) is 15.9. The van der Waals surface area contributed by atoms with Crippen LogP contribution < -0.4 is 5.32 Å². The van der Waals surface area contributed by atoms with Crippen molar-refractivity contribution in [3.05, 3.63) is 0 Å². The second-order valence-corrected chi connectivity index (χ2v) is 5.03. The fourth-order valence-electron chi connectivity index (χ4n) is 1.45. The predicted octanol–water partition coefficient (Wildman–Crippen LogP) is 2.43. The van der Waals surface area contributed by atoms with Gasteiger partial charge in [-0.15, -0.1) is 0 Å². The summed E-state index contributed by atoms with van der Waals surface area (Å²) in [5.41, 5.74) is 0. The Balaban J connectivity index is 4.16. The monoisotopic (exact) mass is 243 g/mol. The summed E-state index contributed by atoms with van der Waals surface area (Å²) >= 11 is 0. The van der Waals surface area contributed by atoms with E-state index in [1.165, 1.54) is 0 Å². The smallest absolute Gasteiger partial charge is 0.326 e. The summed E-state index contributed by atoms with van der Waals surface area (Å²) in [4.78, 5) is 22.6. The number of nitrogens with one attached hydrogen (secondary N) is 1. The van der Waals surface area contributed by atoms with Crippen molar-refractivity contribution in [2.75, 3.05) is 0 Å². The van der Waals surface area contributed by atoms with Crippen LogP contribution in [0, 0.1) is 11.8 Å². The molecular formula is C13H25NO3. The number of carboxylic acids is 1. The minimum atomic E-state index is -0.941. The van der Waals surface area contributed by atoms with Crippen molar-refractivity contribution in [3.63, 3.8) is 0 Å². The number of aliphatic carboxylic acids is 1. The predicted molar refractivity (Wildman–Crippen MR) is 67.7 cm³/mol. The SMILES string of the molecule is CCCC[C@H](NC(=O)CC(C)C(C)C)C(=O)O. The summed E-state index contributed by atoms with van der Waals surface area (Å²) in [6, 6.07) is -0.734. The molecule has 0 aromatic carbocycles. The van der Waals surface area contributed by atoms with Gasteiger partial charge in [0.05, 0.1) is 0 Å². The second-order valence-electron chi connectivity index (χ2n) is 5.03. The van der Waals surface area contributed by atoms with E-state index in [4.69, 9.17) is 5.11 Å². The summed E-state index contributed by atoms with van der Waals surface area (Å²) < 4.78 is 0. The van der Waals surface area contributed by atoms with Gasteiger partial charge in [0.25, 0.3) is 0 Å². The Morgan fingerprint density at radius 2 is 1.82 bits per heavy atom. The third-order valence-corrected chi connectivity index (χ3v) is 3.13. The van der Waals surface area contributed by atoms with Gasteiger partial charge < -0.3 is 10.4 Å². The first-order chi connectivity index (χ1) is 7.88. The van der Waals surface area contributed by atoms with E-state index in [1.807, 2.05) is 13.8 Å². The number of rotatable bonds is 8. The summed E-state index contributed by atoms with van der Waals surface area (Å²) in [6.07, 6.45) is 2.65. The molecule has 1 amide bonds. The van der Waals surface area contributed by atoms with Crippen molar-refractivity contribution in [1.29, 1.82) is 0 Å². The van der Waals surface area contributed by atoms with E-state index >= 15 is 0 Å². The maximum atomic E-state index is 11.7. The van der Waals surface area contributed by atoms with Crippen molar-refractivity contribution in [3.8, 4) is 0 Å². The maximum absolute atomic E-state index is 11.7. The Morgan fingerprint density at radius 3 is 2.24 bits per heavy atom. The molecule has 4 nitrogen and oxygen atoms in total. The molecule has 0 aromatic rings. The average Bonchev–Trinajstić information content (AvgIpc) is 2.23. The van der Waals surface area contributed by atoms with Crippen molar-refractivity contribution >= 4 is 11.9 Å². The number of hydrogen-bond acceptors (Lipinski definition) is 2. The largest absolute Gasteiger partial charge is 0.480 e. The highest BCUT2D eigenvalue weighted by molar-refractivity contribution is 5.83. The molecule has 0 aliphatic heterocycles. The number of carbonyl (C=O) groups excluding carboxylic acids is 1. The summed E-state index contributed by atoms with van der Waals surface area (Å²) in [6.45, 7) is 8.13. The van der Waals surface area contributed by atoms with Crippen LogP contribution >= 0.6 is 0 Å². The Labute approximate surface area is 104 Å². The second kappa shape index (κ2) is 8.09. The Hall–Kier alpha value is -1.06. The van der Waals surface area contributed by atoms with E-state index in [2.05, 4.69) is 19.2 Å². The van der Waals surface area contributed by atoms with Crippen LogP contribution in [-0.2, 0) is 9.59 Å². The standard InChI is InChI=1S/C13H25NO3/c1-5-6-7-11(13(16)17)14-12(15)8-10(4)9(2)3/h9-11H,5-8H2,1-4H3,(H,14,15)(H,16,17)/t10?,11-/m0/s1. The molecule has 0 aromatic heterocycles. The number of carbonyl (C=O) groups is 2. The molecule has 0 heterocycles. The van der Waals surface area contributed by atoms with E-state index in [0.29, 0.717) is 18.8 Å². The molecule has 0 aliphatic carbocycles. The normalized spacial score (nSPS) is 14.4. The highest BCUT2D eigenvalue weighted by atomic mass is 16.4. The molecule has 1 unspecified atom stereocenters. The van der Waals surface area contributed by atoms with Gasteiger partial charge >= 0.3 is 5.97 Å². The van der Waals surface area contributed by atoms with Crippen LogP contribution in [0.5, 0.6) is 0 Å². The van der Waals surface area contributed by atoms with Crippen LogP contribution in [0.1, 0.15) is 53.4 Å². The Bertz CT molecular complexity index is 251. The van der Waals surface area contributed by atoms with Crippen molar-refractivity contribution in [2.24, 2.45) is 11.8 Å². The van der Waals surface area contributed by atoms with Crippen LogP contribution in [0.3, 0.4) is 0 Å². The number of amides is 1. The van der Waals surface area contributed by atoms with Crippen LogP contribution in [0.4, 0.5) is 0 Å². The average molecular weight is 243 g/mol. The van der Waals surface area contributed by atoms with Gasteiger partial charge in [0.2, 0.25) is 5.91 Å². The molecule has 17 heavy (non-hydrogen) atoms. The molecule has 2 atom stereocenters. The number of hydrogen-bond donors (Lipinski definition) is 2. The molecule has 0 saturated heterocycles. The van der Waals surface area contributed by atoms with Crippen LogP contribution in [0.2, 0.25) is 0 Å². The third kappa shape index (κ3) is 6.97. The van der Waals surface area contributed by atoms with E-state index in [-0.39, 0.29) is 11.8 Å². The van der Waals surface area contributed by atoms with Crippen molar-refractivity contribution in [1.82, 2.24) is 5.32 Å². The first-order valence-electron chi connectivity index (χ1n) is 6.40. The van der Waals surface area contributed by atoms with Crippen molar-refractivity contribution < 1.29 is 14.7 Å². The number of carboxylic acid groups (broad SMARTS) is 1. The molecule has 0 fully saturated rings. The fraction of sp³-hybridized carbons (Fsp3) is 0.846. The van der Waals surface area contributed by atoms with Gasteiger partial charge in [0.15, 0.2) is 0 Å². The molecule has 2 N–H and O–H groups in total. The minimum absolute atomic E-state index is 0.158. The molecule has 4 heteroatoms. The van der Waals surface area contributed by atoms with E-state index in [0.717, 1.165) is 12.8 Å². The lowest BCUT2D eigenvalue weighted by atomic mass is 9.94. The van der Waals surface area contributed by atoms with Gasteiger partial charge in [-0.05, 0) is 18.3 Å². The zero-order chi connectivity index (χ0) is 13.4. The molecule has 0 bridgehead atoms. The van der Waals surface area contributed by atoms with Gasteiger partial charge in [-0.2, -0.15) is 0 Å². The zero-order valence-corrected chi connectivity index (χ0v) is 11.3. The molecule has 0 radical (unpaired) electrons. The van der Waals surface area contributed by atoms with Crippen LogP contribution in [-0.4, -0.2) is 23.0 Å². The highest BCUT2D eigenvalue weighted by Crippen LogP contribution is 2.14. The maximum Gasteiger partial charge on any atom is 0.326 e. The Morgan fingerprint density at radius 1 is 1.24 bits per heavy atom. The minimum Gasteiger partial charge on any atom is -0.480 e. The molecule has 0 spiro atoms. The van der Waals surface area contributed by atoms with Gasteiger partial charge in [0.1, 0.15) is 6.04 Å². The lowest BCUT2D eigenvalue weighted by molar-refractivity contribution is -0.142. The van der Waals surface area contributed by atoms with Crippen molar-refractivity contribution in [2.45, 2.75) is 59.4 Å². The van der Waals surface area contributed by atoms with Gasteiger partial charge in [0, 0.05) is 6.42 Å². The van der Waals surface area contributed by atoms with E-state index in [1.54, 1.807) is 0 Å². The first-order valence-corrected chi connectivity index (χ1v) is 6.40. The summed E-state index contributed by atoms with van der Waals surface area (Å²) in [5, 5.41) is 11.6. The fourth-order valence-corrected chi connectivity index (χ4v) is 1.45. The van der Waals surface area contributed by atoms with Gasteiger partial charge in [-0.3, -0.25) is 4.79 Å². The quantitative estimate of drug-likeness (QED) is 0.688. The summed E-state index contributed by atoms with van der Waals surface area (Å²) in [7, 11) is 0. The Kier molecular flexibility index (Phi) is 7.59. The third-order valence-electron chi connectivity index (χ3n) is 3.13. The lowest BCUT2D eigenvalue weighted by Crippen LogP contribution is -2.41. The summed E-state index contributed by atoms with van der Waals surface area (Å²) in [5.74, 6) is -0.394. The molecule has 100 valence electrons. The molecule has 0 aliphatic rings. The molecule has 0 rings (SSSR count). The van der Waals surface area contributed by atoms with Gasteiger partial charge in [-0.1, -0.05) is 40.5 Å². The van der Waals surface area contributed by atoms with Crippen LogP contribution in [0.15, 0.2) is 0 Å². The highest BCUT2D eigenvalue weighted by Gasteiger charge is 2.20. The molecule has 0 saturated carbocycles. The van der Waals surface area contributed by atoms with Gasteiger partial charge in [-0.25, -0.2) is 4.79 Å². The van der Waals surface area contributed by atoms with E-state index in [9.17, 15) is 9.59 Å².